The van der Waals surface area contributed by atoms with E-state index in [4.69, 9.17) is 4.74 Å². The van der Waals surface area contributed by atoms with Crippen LogP contribution in [-0.4, -0.2) is 22.9 Å². The molecular weight excluding hydrogens is 200 g/mol. The highest BCUT2D eigenvalue weighted by Crippen LogP contribution is 2.27. The van der Waals surface area contributed by atoms with Crippen molar-refractivity contribution in [1.29, 1.82) is 0 Å². The van der Waals surface area contributed by atoms with Gasteiger partial charge >= 0.3 is 0 Å². The maximum Gasteiger partial charge on any atom is 0.0633 e. The van der Waals surface area contributed by atoms with E-state index in [1.54, 1.807) is 0 Å². The van der Waals surface area contributed by atoms with Crippen LogP contribution in [0, 0.1) is 5.92 Å². The fourth-order valence-corrected chi connectivity index (χ4v) is 2.40. The van der Waals surface area contributed by atoms with Crippen molar-refractivity contribution in [2.24, 2.45) is 5.92 Å². The van der Waals surface area contributed by atoms with Gasteiger partial charge in [-0.1, -0.05) is 26.7 Å². The normalized spacial score (nSPS) is 16.5. The van der Waals surface area contributed by atoms with Gasteiger partial charge in [0.1, 0.15) is 0 Å². The van der Waals surface area contributed by atoms with Gasteiger partial charge in [-0.2, -0.15) is 0 Å². The second-order valence-electron chi connectivity index (χ2n) is 5.65. The Labute approximate surface area is 101 Å². The first-order chi connectivity index (χ1) is 7.32. The molecule has 0 saturated carbocycles. The number of aliphatic hydroxyl groups excluding tert-OH is 1. The smallest absolute Gasteiger partial charge is 0.0633 e. The summed E-state index contributed by atoms with van der Waals surface area (Å²) in [4.78, 5) is 0. The topological polar surface area (TPSA) is 29.5 Å². The third-order valence-electron chi connectivity index (χ3n) is 2.96. The first-order valence-electron chi connectivity index (χ1n) is 6.68. The van der Waals surface area contributed by atoms with Crippen molar-refractivity contribution < 1.29 is 9.84 Å². The van der Waals surface area contributed by atoms with E-state index in [-0.39, 0.29) is 17.8 Å². The zero-order valence-electron chi connectivity index (χ0n) is 11.9. The van der Waals surface area contributed by atoms with Crippen molar-refractivity contribution in [2.75, 3.05) is 0 Å². The quantitative estimate of drug-likeness (QED) is 0.688. The molecule has 2 heteroatoms. The molecule has 1 N–H and O–H groups in total. The number of aliphatic hydroxyl groups is 1. The molecule has 1 unspecified atom stereocenters. The molecule has 2 atom stereocenters. The molecule has 0 rings (SSSR count). The molecule has 0 amide bonds. The number of hydrogen-bond donors (Lipinski definition) is 1. The molecule has 98 valence electrons. The maximum atomic E-state index is 10.1. The van der Waals surface area contributed by atoms with E-state index in [2.05, 4.69) is 41.5 Å². The molecule has 0 aromatic heterocycles. The Morgan fingerprint density at radius 3 is 2.12 bits per heavy atom. The van der Waals surface area contributed by atoms with E-state index in [1.807, 2.05) is 0 Å². The van der Waals surface area contributed by atoms with Gasteiger partial charge in [-0.05, 0) is 46.5 Å². The largest absolute Gasteiger partial charge is 0.393 e. The fourth-order valence-electron chi connectivity index (χ4n) is 2.40. The Hall–Kier alpha value is -0.0800. The van der Waals surface area contributed by atoms with Crippen LogP contribution in [0.25, 0.3) is 0 Å². The zero-order valence-corrected chi connectivity index (χ0v) is 11.9. The summed E-state index contributed by atoms with van der Waals surface area (Å²) in [6.07, 6.45) is 3.97. The Morgan fingerprint density at radius 2 is 1.75 bits per heavy atom. The van der Waals surface area contributed by atoms with Crippen molar-refractivity contribution in [2.45, 2.75) is 85.0 Å². The highest BCUT2D eigenvalue weighted by molar-refractivity contribution is 4.78. The number of rotatable bonds is 8. The van der Waals surface area contributed by atoms with Gasteiger partial charge in [0, 0.05) is 0 Å². The highest BCUT2D eigenvalue weighted by Gasteiger charge is 2.27. The van der Waals surface area contributed by atoms with E-state index in [9.17, 15) is 5.11 Å². The number of ether oxygens (including phenoxy) is 1. The highest BCUT2D eigenvalue weighted by atomic mass is 16.5. The molecule has 0 aliphatic heterocycles. The van der Waals surface area contributed by atoms with Gasteiger partial charge in [0.2, 0.25) is 0 Å². The summed E-state index contributed by atoms with van der Waals surface area (Å²) in [6.45, 7) is 12.6. The van der Waals surface area contributed by atoms with Crippen LogP contribution in [0.4, 0.5) is 0 Å². The lowest BCUT2D eigenvalue weighted by atomic mass is 9.85. The second-order valence-corrected chi connectivity index (χ2v) is 5.65. The molecule has 16 heavy (non-hydrogen) atoms. The third-order valence-corrected chi connectivity index (χ3v) is 2.96. The van der Waals surface area contributed by atoms with Crippen LogP contribution in [0.1, 0.15) is 67.2 Å². The average Bonchev–Trinajstić information content (AvgIpc) is 2.12. The Balaban J connectivity index is 4.28. The molecule has 0 aromatic carbocycles. The van der Waals surface area contributed by atoms with Crippen molar-refractivity contribution in [3.8, 4) is 0 Å². The Bertz CT molecular complexity index is 176. The zero-order chi connectivity index (χ0) is 12.8. The lowest BCUT2D eigenvalue weighted by molar-refractivity contribution is -0.0804. The molecule has 0 fully saturated rings. The first-order valence-corrected chi connectivity index (χ1v) is 6.68. The molecular formula is C14H30O2. The van der Waals surface area contributed by atoms with E-state index < -0.39 is 0 Å². The van der Waals surface area contributed by atoms with Gasteiger partial charge in [0.15, 0.2) is 0 Å². The minimum Gasteiger partial charge on any atom is -0.393 e. The summed E-state index contributed by atoms with van der Waals surface area (Å²) in [7, 11) is 0. The maximum absolute atomic E-state index is 10.1. The van der Waals surface area contributed by atoms with Gasteiger partial charge in [-0.3, -0.25) is 0 Å². The summed E-state index contributed by atoms with van der Waals surface area (Å²) in [5.41, 5.74) is -0.135. The van der Waals surface area contributed by atoms with Gasteiger partial charge in [-0.25, -0.2) is 0 Å². The van der Waals surface area contributed by atoms with Crippen LogP contribution in [0.3, 0.4) is 0 Å². The van der Waals surface area contributed by atoms with E-state index in [0.29, 0.717) is 5.92 Å². The van der Waals surface area contributed by atoms with Gasteiger partial charge in [0.05, 0.1) is 17.8 Å². The molecule has 0 aliphatic carbocycles. The van der Waals surface area contributed by atoms with Crippen molar-refractivity contribution in [3.63, 3.8) is 0 Å². The minimum absolute atomic E-state index is 0.135. The molecule has 0 bridgehead atoms. The molecule has 0 saturated heterocycles. The Kier molecular flexibility index (Phi) is 7.25. The van der Waals surface area contributed by atoms with Gasteiger partial charge in [0.25, 0.3) is 0 Å². The Morgan fingerprint density at radius 1 is 1.19 bits per heavy atom. The average molecular weight is 230 g/mol. The van der Waals surface area contributed by atoms with Gasteiger partial charge in [-0.15, -0.1) is 0 Å². The molecule has 0 heterocycles. The summed E-state index contributed by atoms with van der Waals surface area (Å²) >= 11 is 0. The second kappa shape index (κ2) is 7.29. The van der Waals surface area contributed by atoms with Crippen molar-refractivity contribution in [3.05, 3.63) is 0 Å². The minimum atomic E-state index is -0.176. The summed E-state index contributed by atoms with van der Waals surface area (Å²) in [5.74, 6) is 0.355. The molecule has 0 aliphatic rings. The number of hydrogen-bond acceptors (Lipinski definition) is 2. The summed E-state index contributed by atoms with van der Waals surface area (Å²) in [5, 5.41) is 10.1. The molecule has 0 radical (unpaired) electrons. The van der Waals surface area contributed by atoms with Crippen LogP contribution in [0.15, 0.2) is 0 Å². The van der Waals surface area contributed by atoms with Crippen LogP contribution in [0.5, 0.6) is 0 Å². The predicted molar refractivity (Wildman–Crippen MR) is 69.6 cm³/mol. The van der Waals surface area contributed by atoms with Gasteiger partial charge < -0.3 is 9.84 Å². The SMILES string of the molecule is CCC[C@H](O)C(CC)CC(C)(C)OC(C)C. The lowest BCUT2D eigenvalue weighted by Crippen LogP contribution is -2.34. The van der Waals surface area contributed by atoms with Crippen molar-refractivity contribution >= 4 is 0 Å². The van der Waals surface area contributed by atoms with Crippen LogP contribution in [0.2, 0.25) is 0 Å². The molecule has 0 spiro atoms. The predicted octanol–water partition coefficient (Wildman–Crippen LogP) is 3.77. The first kappa shape index (κ1) is 15.9. The summed E-state index contributed by atoms with van der Waals surface area (Å²) < 4.78 is 5.89. The van der Waals surface area contributed by atoms with Crippen molar-refractivity contribution in [1.82, 2.24) is 0 Å². The lowest BCUT2D eigenvalue weighted by Gasteiger charge is -2.33. The van der Waals surface area contributed by atoms with E-state index >= 15 is 0 Å². The standard InChI is InChI=1S/C14H30O2/c1-7-9-13(15)12(8-2)10-14(5,6)16-11(3)4/h11-13,15H,7-10H2,1-6H3/t12?,13-/m0/s1. The van der Waals surface area contributed by atoms with Crippen LogP contribution < -0.4 is 0 Å². The third kappa shape index (κ3) is 6.49. The van der Waals surface area contributed by atoms with Crippen LogP contribution in [-0.2, 0) is 4.74 Å². The fraction of sp³-hybridized carbons (Fsp3) is 1.00. The van der Waals surface area contributed by atoms with E-state index in [1.165, 1.54) is 0 Å². The van der Waals surface area contributed by atoms with Crippen LogP contribution >= 0.6 is 0 Å². The molecule has 2 nitrogen and oxygen atoms in total. The van der Waals surface area contributed by atoms with E-state index in [0.717, 1.165) is 25.7 Å². The monoisotopic (exact) mass is 230 g/mol. The molecule has 0 aromatic rings. The summed E-state index contributed by atoms with van der Waals surface area (Å²) in [6, 6.07) is 0.